The Balaban J connectivity index is 1.74. The first kappa shape index (κ1) is 18.4. The summed E-state index contributed by atoms with van der Waals surface area (Å²) in [5.41, 5.74) is 1.91. The van der Waals surface area contributed by atoms with Crippen molar-refractivity contribution in [1.29, 1.82) is 0 Å². The number of amides is 1. The molecule has 1 aliphatic heterocycles. The van der Waals surface area contributed by atoms with Crippen molar-refractivity contribution in [2.45, 2.75) is 25.9 Å². The maximum absolute atomic E-state index is 13.2. The normalized spacial score (nSPS) is 17.1. The molecule has 0 N–H and O–H groups in total. The smallest absolute Gasteiger partial charge is 0.270 e. The zero-order valence-electron chi connectivity index (χ0n) is 14.0. The highest BCUT2D eigenvalue weighted by Crippen LogP contribution is 2.35. The lowest BCUT2D eigenvalue weighted by Crippen LogP contribution is -2.37. The first-order valence-electron chi connectivity index (χ1n) is 8.27. The Hall–Kier alpha value is -0.990. The minimum absolute atomic E-state index is 0.0426. The summed E-state index contributed by atoms with van der Waals surface area (Å²) in [6, 6.07) is 7.54. The zero-order valence-corrected chi connectivity index (χ0v) is 18.0. The molecule has 2 aromatic heterocycles. The third-order valence-electron chi connectivity index (χ3n) is 4.31. The van der Waals surface area contributed by atoms with Gasteiger partial charge in [-0.15, -0.1) is 11.3 Å². The van der Waals surface area contributed by atoms with Gasteiger partial charge in [-0.05, 0) is 65.5 Å². The highest BCUT2D eigenvalue weighted by Gasteiger charge is 2.28. The molecule has 0 aliphatic carbocycles. The monoisotopic (exact) mass is 470 g/mol. The average Bonchev–Trinajstić information content (AvgIpc) is 3.32. The van der Waals surface area contributed by atoms with E-state index < -0.39 is 0 Å². The molecule has 1 saturated heterocycles. The summed E-state index contributed by atoms with van der Waals surface area (Å²) in [6.07, 6.45) is 2.05. The van der Waals surface area contributed by atoms with Crippen molar-refractivity contribution in [1.82, 2.24) is 4.98 Å². The predicted molar refractivity (Wildman–Crippen MR) is 112 cm³/mol. The van der Waals surface area contributed by atoms with Gasteiger partial charge < -0.3 is 4.74 Å². The molecule has 3 heterocycles. The van der Waals surface area contributed by atoms with Crippen LogP contribution in [-0.4, -0.2) is 30.1 Å². The van der Waals surface area contributed by atoms with Gasteiger partial charge in [0.1, 0.15) is 0 Å². The number of halogens is 2. The molecule has 0 bridgehead atoms. The van der Waals surface area contributed by atoms with E-state index in [-0.39, 0.29) is 12.0 Å². The molecule has 8 heteroatoms. The summed E-state index contributed by atoms with van der Waals surface area (Å²) in [4.78, 5) is 20.4. The number of carbonyl (C=O) groups excluding carboxylic acids is 1. The van der Waals surface area contributed by atoms with Crippen LogP contribution in [0, 0.1) is 6.92 Å². The Morgan fingerprint density at radius 2 is 2.27 bits per heavy atom. The van der Waals surface area contributed by atoms with Crippen LogP contribution in [0.1, 0.15) is 28.1 Å². The number of hydrogen-bond acceptors (Lipinski definition) is 5. The van der Waals surface area contributed by atoms with Gasteiger partial charge in [0.25, 0.3) is 5.91 Å². The standard InChI is InChI=1S/C18H16BrClN2O2S2/c1-10-7-11(20)8-14-16(10)21-18(26-14)22(9-12-3-2-6-24-12)17(23)13-4-5-15(19)25-13/h4-5,7-8,12H,2-3,6,9H2,1H3. The molecule has 26 heavy (non-hydrogen) atoms. The Labute approximate surface area is 172 Å². The van der Waals surface area contributed by atoms with Gasteiger partial charge in [-0.3, -0.25) is 9.69 Å². The van der Waals surface area contributed by atoms with E-state index in [2.05, 4.69) is 15.9 Å². The summed E-state index contributed by atoms with van der Waals surface area (Å²) in [7, 11) is 0. The number of anilines is 1. The lowest BCUT2D eigenvalue weighted by Gasteiger charge is -2.22. The van der Waals surface area contributed by atoms with Crippen molar-refractivity contribution in [3.63, 3.8) is 0 Å². The van der Waals surface area contributed by atoms with E-state index >= 15 is 0 Å². The fourth-order valence-corrected chi connectivity index (χ4v) is 5.82. The van der Waals surface area contributed by atoms with Gasteiger partial charge in [0.05, 0.1) is 31.5 Å². The van der Waals surface area contributed by atoms with Crippen LogP contribution in [-0.2, 0) is 4.74 Å². The number of aromatic nitrogens is 1. The van der Waals surface area contributed by atoms with Crippen LogP contribution in [0.15, 0.2) is 28.1 Å². The molecule has 4 rings (SSSR count). The van der Waals surface area contributed by atoms with E-state index in [1.807, 2.05) is 31.2 Å². The van der Waals surface area contributed by atoms with E-state index in [9.17, 15) is 4.79 Å². The van der Waals surface area contributed by atoms with Crippen molar-refractivity contribution < 1.29 is 9.53 Å². The maximum atomic E-state index is 13.2. The minimum atomic E-state index is -0.0426. The van der Waals surface area contributed by atoms with Crippen LogP contribution in [0.4, 0.5) is 5.13 Å². The number of ether oxygens (including phenoxy) is 1. The second-order valence-electron chi connectivity index (χ2n) is 6.22. The van der Waals surface area contributed by atoms with E-state index in [4.69, 9.17) is 21.3 Å². The lowest BCUT2D eigenvalue weighted by atomic mass is 10.2. The number of thiazole rings is 1. The molecule has 0 spiro atoms. The number of thiophene rings is 1. The molecule has 1 aromatic carbocycles. The molecular formula is C18H16BrClN2O2S2. The summed E-state index contributed by atoms with van der Waals surface area (Å²) in [6.45, 7) is 3.26. The van der Waals surface area contributed by atoms with Gasteiger partial charge in [0.2, 0.25) is 0 Å². The number of nitrogens with zero attached hydrogens (tertiary/aromatic N) is 2. The molecule has 0 saturated carbocycles. The van der Waals surface area contributed by atoms with Gasteiger partial charge in [-0.1, -0.05) is 22.9 Å². The van der Waals surface area contributed by atoms with Crippen molar-refractivity contribution >= 4 is 71.5 Å². The van der Waals surface area contributed by atoms with Crippen LogP contribution in [0.5, 0.6) is 0 Å². The number of benzene rings is 1. The van der Waals surface area contributed by atoms with E-state index in [0.29, 0.717) is 21.6 Å². The quantitative estimate of drug-likeness (QED) is 0.475. The van der Waals surface area contributed by atoms with Crippen molar-refractivity contribution in [3.05, 3.63) is 43.5 Å². The zero-order chi connectivity index (χ0) is 18.3. The minimum Gasteiger partial charge on any atom is -0.376 e. The predicted octanol–water partition coefficient (Wildman–Crippen LogP) is 5.91. The number of rotatable bonds is 4. The highest BCUT2D eigenvalue weighted by molar-refractivity contribution is 9.11. The fraction of sp³-hybridized carbons (Fsp3) is 0.333. The molecule has 1 fully saturated rings. The molecule has 0 radical (unpaired) electrons. The topological polar surface area (TPSA) is 42.4 Å². The Bertz CT molecular complexity index is 965. The largest absolute Gasteiger partial charge is 0.376 e. The maximum Gasteiger partial charge on any atom is 0.270 e. The number of hydrogen-bond donors (Lipinski definition) is 0. The van der Waals surface area contributed by atoms with Crippen LogP contribution >= 0.6 is 50.2 Å². The highest BCUT2D eigenvalue weighted by atomic mass is 79.9. The van der Waals surface area contributed by atoms with Gasteiger partial charge in [-0.25, -0.2) is 4.98 Å². The van der Waals surface area contributed by atoms with Gasteiger partial charge in [0, 0.05) is 11.6 Å². The van der Waals surface area contributed by atoms with Crippen LogP contribution in [0.3, 0.4) is 0 Å². The van der Waals surface area contributed by atoms with Crippen LogP contribution < -0.4 is 4.90 Å². The first-order chi connectivity index (χ1) is 12.5. The van der Waals surface area contributed by atoms with E-state index in [0.717, 1.165) is 39.0 Å². The molecular weight excluding hydrogens is 456 g/mol. The summed E-state index contributed by atoms with van der Waals surface area (Å²) >= 11 is 12.5. The molecule has 136 valence electrons. The molecule has 1 aliphatic rings. The molecule has 1 amide bonds. The van der Waals surface area contributed by atoms with Crippen molar-refractivity contribution in [2.24, 2.45) is 0 Å². The summed E-state index contributed by atoms with van der Waals surface area (Å²) in [5.74, 6) is -0.0426. The first-order valence-corrected chi connectivity index (χ1v) is 11.1. The molecule has 3 aromatic rings. The second-order valence-corrected chi connectivity index (χ2v) is 10.1. The molecule has 4 nitrogen and oxygen atoms in total. The van der Waals surface area contributed by atoms with Crippen molar-refractivity contribution in [3.8, 4) is 0 Å². The average molecular weight is 472 g/mol. The summed E-state index contributed by atoms with van der Waals surface area (Å²) < 4.78 is 7.69. The number of carbonyl (C=O) groups is 1. The number of aryl methyl sites for hydroxylation is 1. The van der Waals surface area contributed by atoms with Crippen LogP contribution in [0.25, 0.3) is 10.2 Å². The van der Waals surface area contributed by atoms with E-state index in [1.165, 1.54) is 22.7 Å². The SMILES string of the molecule is Cc1cc(Cl)cc2sc(N(CC3CCCO3)C(=O)c3ccc(Br)s3)nc12. The molecule has 1 atom stereocenters. The molecule has 1 unspecified atom stereocenters. The fourth-order valence-electron chi connectivity index (χ4n) is 3.06. The summed E-state index contributed by atoms with van der Waals surface area (Å²) in [5, 5.41) is 1.37. The third kappa shape index (κ3) is 3.68. The number of fused-ring (bicyclic) bond motifs is 1. The van der Waals surface area contributed by atoms with Gasteiger partial charge in [0.15, 0.2) is 5.13 Å². The Morgan fingerprint density at radius 3 is 2.96 bits per heavy atom. The Kier molecular flexibility index (Phi) is 5.34. The third-order valence-corrected chi connectivity index (χ3v) is 7.16. The van der Waals surface area contributed by atoms with Crippen molar-refractivity contribution in [2.75, 3.05) is 18.1 Å². The van der Waals surface area contributed by atoms with E-state index in [1.54, 1.807) is 4.90 Å². The lowest BCUT2D eigenvalue weighted by molar-refractivity contribution is 0.0920. The Morgan fingerprint density at radius 1 is 1.42 bits per heavy atom. The van der Waals surface area contributed by atoms with Gasteiger partial charge >= 0.3 is 0 Å². The van der Waals surface area contributed by atoms with Crippen LogP contribution in [0.2, 0.25) is 5.02 Å². The van der Waals surface area contributed by atoms with Gasteiger partial charge in [-0.2, -0.15) is 0 Å². The second kappa shape index (κ2) is 7.56.